The SMILES string of the molecule is O=C(O)c1ccn[nH]1.O=C(O)c1cn[nH]n1. The van der Waals surface area contributed by atoms with Crippen molar-refractivity contribution in [2.24, 2.45) is 0 Å². The highest BCUT2D eigenvalue weighted by atomic mass is 16.4. The monoisotopic (exact) mass is 225 g/mol. The van der Waals surface area contributed by atoms with Gasteiger partial charge in [-0.3, -0.25) is 5.10 Å². The van der Waals surface area contributed by atoms with Gasteiger partial charge in [-0.1, -0.05) is 0 Å². The Labute approximate surface area is 88.1 Å². The zero-order chi connectivity index (χ0) is 12.0. The van der Waals surface area contributed by atoms with Gasteiger partial charge in [-0.25, -0.2) is 9.59 Å². The molecular formula is C7H7N5O4. The van der Waals surface area contributed by atoms with Crippen molar-refractivity contribution in [1.29, 1.82) is 0 Å². The molecule has 0 aliphatic carbocycles. The molecule has 0 fully saturated rings. The lowest BCUT2D eigenvalue weighted by Gasteiger charge is -1.79. The van der Waals surface area contributed by atoms with Gasteiger partial charge in [0.25, 0.3) is 0 Å². The molecule has 16 heavy (non-hydrogen) atoms. The van der Waals surface area contributed by atoms with Crippen molar-refractivity contribution in [3.8, 4) is 0 Å². The number of hydrogen-bond acceptors (Lipinski definition) is 5. The van der Waals surface area contributed by atoms with E-state index >= 15 is 0 Å². The third-order valence-electron chi connectivity index (χ3n) is 1.37. The maximum Gasteiger partial charge on any atom is 0.358 e. The quantitative estimate of drug-likeness (QED) is 0.544. The van der Waals surface area contributed by atoms with Crippen molar-refractivity contribution in [3.05, 3.63) is 29.8 Å². The van der Waals surface area contributed by atoms with Crippen LogP contribution in [0.3, 0.4) is 0 Å². The van der Waals surface area contributed by atoms with Crippen molar-refractivity contribution in [2.45, 2.75) is 0 Å². The molecule has 84 valence electrons. The van der Waals surface area contributed by atoms with Crippen LogP contribution in [0.1, 0.15) is 21.0 Å². The average Bonchev–Trinajstić information content (AvgIpc) is 2.93. The molecule has 0 aliphatic heterocycles. The van der Waals surface area contributed by atoms with Gasteiger partial charge in [0.2, 0.25) is 0 Å². The van der Waals surface area contributed by atoms with Crippen molar-refractivity contribution < 1.29 is 19.8 Å². The Morgan fingerprint density at radius 1 is 1.19 bits per heavy atom. The number of H-pyrrole nitrogens is 2. The third kappa shape index (κ3) is 3.21. The fourth-order valence-electron chi connectivity index (χ4n) is 0.680. The molecule has 0 radical (unpaired) electrons. The molecule has 0 bridgehead atoms. The van der Waals surface area contributed by atoms with E-state index < -0.39 is 11.9 Å². The summed E-state index contributed by atoms with van der Waals surface area (Å²) in [7, 11) is 0. The van der Waals surface area contributed by atoms with Crippen LogP contribution in [0, 0.1) is 0 Å². The second-order valence-corrected chi connectivity index (χ2v) is 2.44. The van der Waals surface area contributed by atoms with Crippen molar-refractivity contribution in [1.82, 2.24) is 25.6 Å². The number of aromatic carboxylic acids is 2. The van der Waals surface area contributed by atoms with Crippen LogP contribution in [-0.2, 0) is 0 Å². The Balaban J connectivity index is 0.000000160. The lowest BCUT2D eigenvalue weighted by atomic mass is 10.5. The Kier molecular flexibility index (Phi) is 3.72. The van der Waals surface area contributed by atoms with E-state index in [1.165, 1.54) is 12.3 Å². The molecule has 0 unspecified atom stereocenters. The van der Waals surface area contributed by atoms with E-state index in [4.69, 9.17) is 10.2 Å². The van der Waals surface area contributed by atoms with Crippen LogP contribution < -0.4 is 0 Å². The maximum absolute atomic E-state index is 9.99. The average molecular weight is 225 g/mol. The number of hydrogen-bond donors (Lipinski definition) is 4. The molecule has 2 aromatic rings. The summed E-state index contributed by atoms with van der Waals surface area (Å²) in [5.74, 6) is -2.05. The maximum atomic E-state index is 9.99. The first-order valence-corrected chi connectivity index (χ1v) is 3.93. The summed E-state index contributed by atoms with van der Waals surface area (Å²) in [6.07, 6.45) is 2.53. The summed E-state index contributed by atoms with van der Waals surface area (Å²) in [6.45, 7) is 0. The van der Waals surface area contributed by atoms with E-state index in [1.54, 1.807) is 0 Å². The minimum absolute atomic E-state index is 0.0648. The number of nitrogens with one attached hydrogen (secondary N) is 2. The van der Waals surface area contributed by atoms with Gasteiger partial charge in [-0.05, 0) is 6.07 Å². The highest BCUT2D eigenvalue weighted by Gasteiger charge is 2.02. The number of carboxylic acids is 2. The van der Waals surface area contributed by atoms with E-state index in [0.717, 1.165) is 6.20 Å². The summed E-state index contributed by atoms with van der Waals surface area (Å²) in [5, 5.41) is 30.8. The van der Waals surface area contributed by atoms with Gasteiger partial charge in [0.05, 0.1) is 6.20 Å². The molecule has 4 N–H and O–H groups in total. The molecule has 0 saturated heterocycles. The van der Waals surface area contributed by atoms with Crippen molar-refractivity contribution in [2.75, 3.05) is 0 Å². The standard InChI is InChI=1S/C4H4N2O2.C3H3N3O2/c7-4(8)3-1-2-5-6-3;7-3(8)2-1-4-6-5-2/h1-2H,(H,5,6)(H,7,8);1H,(H,7,8)(H,4,5,6). The normalized spacial score (nSPS) is 9.00. The van der Waals surface area contributed by atoms with Crippen LogP contribution in [-0.4, -0.2) is 47.8 Å². The van der Waals surface area contributed by atoms with Gasteiger partial charge in [-0.15, -0.1) is 5.10 Å². The molecule has 0 spiro atoms. The Morgan fingerprint density at radius 3 is 2.19 bits per heavy atom. The largest absolute Gasteiger partial charge is 0.477 e. The van der Waals surface area contributed by atoms with E-state index in [0.29, 0.717) is 0 Å². The smallest absolute Gasteiger partial charge is 0.358 e. The van der Waals surface area contributed by atoms with Gasteiger partial charge < -0.3 is 10.2 Å². The lowest BCUT2D eigenvalue weighted by molar-refractivity contribution is 0.0679. The number of nitrogens with zero attached hydrogens (tertiary/aromatic N) is 3. The third-order valence-corrected chi connectivity index (χ3v) is 1.37. The van der Waals surface area contributed by atoms with Gasteiger partial charge in [0.1, 0.15) is 5.69 Å². The minimum Gasteiger partial charge on any atom is -0.477 e. The molecule has 0 amide bonds. The van der Waals surface area contributed by atoms with Crippen molar-refractivity contribution >= 4 is 11.9 Å². The fourth-order valence-corrected chi connectivity index (χ4v) is 0.680. The number of aromatic amines is 2. The van der Waals surface area contributed by atoms with Crippen LogP contribution in [0.4, 0.5) is 0 Å². The molecule has 9 heteroatoms. The molecule has 9 nitrogen and oxygen atoms in total. The summed E-state index contributed by atoms with van der Waals surface area (Å²) < 4.78 is 0. The Hall–Kier alpha value is -2.71. The van der Waals surface area contributed by atoms with Crippen LogP contribution >= 0.6 is 0 Å². The molecule has 0 aromatic carbocycles. The first-order valence-electron chi connectivity index (χ1n) is 3.93. The van der Waals surface area contributed by atoms with Crippen molar-refractivity contribution in [3.63, 3.8) is 0 Å². The number of aromatic nitrogens is 5. The molecule has 2 heterocycles. The number of rotatable bonds is 2. The van der Waals surface area contributed by atoms with Gasteiger partial charge in [-0.2, -0.15) is 15.4 Å². The van der Waals surface area contributed by atoms with E-state index in [-0.39, 0.29) is 11.4 Å². The first-order chi connectivity index (χ1) is 7.61. The fraction of sp³-hybridized carbons (Fsp3) is 0. The van der Waals surface area contributed by atoms with Crippen LogP contribution in [0.2, 0.25) is 0 Å². The second-order valence-electron chi connectivity index (χ2n) is 2.44. The molecule has 2 rings (SSSR count). The highest BCUT2D eigenvalue weighted by molar-refractivity contribution is 5.85. The number of carboxylic acid groups (broad SMARTS) is 2. The predicted octanol–water partition coefficient (Wildman–Crippen LogP) is -0.389. The summed E-state index contributed by atoms with van der Waals surface area (Å²) in [5.41, 5.74) is 0.0509. The van der Waals surface area contributed by atoms with Gasteiger partial charge in [0, 0.05) is 6.20 Å². The zero-order valence-corrected chi connectivity index (χ0v) is 7.78. The molecule has 0 saturated carbocycles. The second kappa shape index (κ2) is 5.24. The topological polar surface area (TPSA) is 145 Å². The predicted molar refractivity (Wildman–Crippen MR) is 48.9 cm³/mol. The highest BCUT2D eigenvalue weighted by Crippen LogP contribution is 1.88. The summed E-state index contributed by atoms with van der Waals surface area (Å²) in [6, 6.07) is 1.39. The van der Waals surface area contributed by atoms with E-state index in [9.17, 15) is 9.59 Å². The zero-order valence-electron chi connectivity index (χ0n) is 7.78. The Morgan fingerprint density at radius 2 is 1.94 bits per heavy atom. The van der Waals surface area contributed by atoms with Gasteiger partial charge in [0.15, 0.2) is 5.69 Å². The lowest BCUT2D eigenvalue weighted by Crippen LogP contribution is -1.95. The number of carbonyl (C=O) groups is 2. The van der Waals surface area contributed by atoms with Gasteiger partial charge >= 0.3 is 11.9 Å². The molecule has 0 aliphatic rings. The first kappa shape index (κ1) is 11.4. The van der Waals surface area contributed by atoms with Crippen LogP contribution in [0.25, 0.3) is 0 Å². The minimum atomic E-state index is -1.07. The van der Waals surface area contributed by atoms with Crippen LogP contribution in [0.15, 0.2) is 18.5 Å². The van der Waals surface area contributed by atoms with E-state index in [1.807, 2.05) is 0 Å². The molecule has 2 aromatic heterocycles. The van der Waals surface area contributed by atoms with Crippen LogP contribution in [0.5, 0.6) is 0 Å². The summed E-state index contributed by atoms with van der Waals surface area (Å²) in [4.78, 5) is 19.9. The molecular weight excluding hydrogens is 218 g/mol. The molecule has 0 atom stereocenters. The Bertz CT molecular complexity index is 405. The van der Waals surface area contributed by atoms with E-state index in [2.05, 4.69) is 25.6 Å². The summed E-state index contributed by atoms with van der Waals surface area (Å²) >= 11 is 0.